The second-order valence-corrected chi connectivity index (χ2v) is 5.03. The Hall–Kier alpha value is -2.16. The van der Waals surface area contributed by atoms with E-state index in [9.17, 15) is 10.2 Å². The van der Waals surface area contributed by atoms with E-state index in [1.165, 1.54) is 0 Å². The third-order valence-corrected chi connectivity index (χ3v) is 3.28. The van der Waals surface area contributed by atoms with E-state index in [1.54, 1.807) is 24.3 Å². The predicted octanol–water partition coefficient (Wildman–Crippen LogP) is 4.08. The molecule has 0 aliphatic carbocycles. The smallest absolute Gasteiger partial charge is 0.116 e. The zero-order valence-electron chi connectivity index (χ0n) is 11.7. The van der Waals surface area contributed by atoms with Gasteiger partial charge in [0.05, 0.1) is 0 Å². The molecular formula is C16H19NO2. The fourth-order valence-electron chi connectivity index (χ4n) is 2.40. The second kappa shape index (κ2) is 4.84. The first-order valence-electron chi connectivity index (χ1n) is 6.26. The zero-order chi connectivity index (χ0) is 14.2. The van der Waals surface area contributed by atoms with Crippen LogP contribution in [0.2, 0.25) is 0 Å². The van der Waals surface area contributed by atoms with Crippen LogP contribution in [0, 0.1) is 27.7 Å². The molecule has 0 aliphatic heterocycles. The van der Waals surface area contributed by atoms with Gasteiger partial charge in [0.15, 0.2) is 0 Å². The van der Waals surface area contributed by atoms with E-state index < -0.39 is 0 Å². The van der Waals surface area contributed by atoms with Gasteiger partial charge in [-0.1, -0.05) is 0 Å². The number of nitrogens with one attached hydrogen (secondary N) is 1. The van der Waals surface area contributed by atoms with Gasteiger partial charge in [-0.15, -0.1) is 0 Å². The molecule has 3 heteroatoms. The molecule has 100 valence electrons. The standard InChI is InChI=1S/C16H19NO2/c1-9-5-13(18)6-10(2)15(9)17-16-11(3)7-14(19)8-12(16)4/h5-8,17-19H,1-4H3. The van der Waals surface area contributed by atoms with E-state index in [0.29, 0.717) is 0 Å². The van der Waals surface area contributed by atoms with Crippen molar-refractivity contribution in [2.45, 2.75) is 27.7 Å². The molecule has 2 rings (SSSR count). The molecule has 3 nitrogen and oxygen atoms in total. The van der Waals surface area contributed by atoms with Crippen molar-refractivity contribution in [2.75, 3.05) is 5.32 Å². The van der Waals surface area contributed by atoms with Gasteiger partial charge in [-0.25, -0.2) is 0 Å². The Kier molecular flexibility index (Phi) is 3.38. The molecule has 0 spiro atoms. The SMILES string of the molecule is Cc1cc(O)cc(C)c1Nc1c(C)cc(O)cc1C. The lowest BCUT2D eigenvalue weighted by Crippen LogP contribution is -2.00. The van der Waals surface area contributed by atoms with Gasteiger partial charge in [0.2, 0.25) is 0 Å². The van der Waals surface area contributed by atoms with Gasteiger partial charge >= 0.3 is 0 Å². The van der Waals surface area contributed by atoms with E-state index >= 15 is 0 Å². The topological polar surface area (TPSA) is 52.5 Å². The average Bonchev–Trinajstić information content (AvgIpc) is 2.25. The normalized spacial score (nSPS) is 10.5. The Labute approximate surface area is 113 Å². The first-order chi connectivity index (χ1) is 8.88. The van der Waals surface area contributed by atoms with Gasteiger partial charge in [0, 0.05) is 11.4 Å². The van der Waals surface area contributed by atoms with Crippen LogP contribution in [-0.2, 0) is 0 Å². The van der Waals surface area contributed by atoms with E-state index in [4.69, 9.17) is 0 Å². The molecule has 0 saturated carbocycles. The van der Waals surface area contributed by atoms with Crippen LogP contribution >= 0.6 is 0 Å². The van der Waals surface area contributed by atoms with Crippen LogP contribution in [0.25, 0.3) is 0 Å². The minimum absolute atomic E-state index is 0.278. The largest absolute Gasteiger partial charge is 0.508 e. The highest BCUT2D eigenvalue weighted by molar-refractivity contribution is 5.72. The van der Waals surface area contributed by atoms with Crippen LogP contribution < -0.4 is 5.32 Å². The molecule has 0 saturated heterocycles. The first-order valence-corrected chi connectivity index (χ1v) is 6.26. The maximum Gasteiger partial charge on any atom is 0.116 e. The Morgan fingerprint density at radius 2 is 0.895 bits per heavy atom. The highest BCUT2D eigenvalue weighted by Crippen LogP contribution is 2.32. The lowest BCUT2D eigenvalue weighted by Gasteiger charge is -2.17. The lowest BCUT2D eigenvalue weighted by atomic mass is 10.0. The van der Waals surface area contributed by atoms with Crippen LogP contribution in [0.1, 0.15) is 22.3 Å². The number of hydrogen-bond acceptors (Lipinski definition) is 3. The molecular weight excluding hydrogens is 238 g/mol. The van der Waals surface area contributed by atoms with Crippen molar-refractivity contribution in [3.8, 4) is 11.5 Å². The number of aryl methyl sites for hydroxylation is 4. The maximum absolute atomic E-state index is 9.57. The highest BCUT2D eigenvalue weighted by Gasteiger charge is 2.09. The Morgan fingerprint density at radius 3 is 1.16 bits per heavy atom. The van der Waals surface area contributed by atoms with Crippen LogP contribution in [0.3, 0.4) is 0 Å². The van der Waals surface area contributed by atoms with Crippen LogP contribution in [0.4, 0.5) is 11.4 Å². The Morgan fingerprint density at radius 1 is 0.632 bits per heavy atom. The van der Waals surface area contributed by atoms with E-state index in [2.05, 4.69) is 5.32 Å². The van der Waals surface area contributed by atoms with Crippen molar-refractivity contribution in [3.63, 3.8) is 0 Å². The van der Waals surface area contributed by atoms with Gasteiger partial charge in [0.25, 0.3) is 0 Å². The van der Waals surface area contributed by atoms with Gasteiger partial charge in [-0.3, -0.25) is 0 Å². The minimum atomic E-state index is 0.278. The molecule has 2 aromatic rings. The van der Waals surface area contributed by atoms with E-state index in [1.807, 2.05) is 27.7 Å². The highest BCUT2D eigenvalue weighted by atomic mass is 16.3. The van der Waals surface area contributed by atoms with Crippen LogP contribution in [0.15, 0.2) is 24.3 Å². The van der Waals surface area contributed by atoms with Crippen molar-refractivity contribution in [1.29, 1.82) is 0 Å². The van der Waals surface area contributed by atoms with Crippen molar-refractivity contribution in [1.82, 2.24) is 0 Å². The summed E-state index contributed by atoms with van der Waals surface area (Å²) in [5, 5.41) is 22.5. The summed E-state index contributed by atoms with van der Waals surface area (Å²) in [7, 11) is 0. The third kappa shape index (κ3) is 2.65. The quantitative estimate of drug-likeness (QED) is 0.711. The van der Waals surface area contributed by atoms with Crippen molar-refractivity contribution in [2.24, 2.45) is 0 Å². The first kappa shape index (κ1) is 13.3. The summed E-state index contributed by atoms with van der Waals surface area (Å²) in [5.41, 5.74) is 5.95. The molecule has 0 bridgehead atoms. The number of rotatable bonds is 2. The van der Waals surface area contributed by atoms with Crippen LogP contribution in [-0.4, -0.2) is 10.2 Å². The monoisotopic (exact) mass is 257 g/mol. The van der Waals surface area contributed by atoms with Gasteiger partial charge in [-0.2, -0.15) is 0 Å². The minimum Gasteiger partial charge on any atom is -0.508 e. The molecule has 0 aromatic heterocycles. The predicted molar refractivity (Wildman–Crippen MR) is 78.4 cm³/mol. The number of phenols is 2. The fourth-order valence-corrected chi connectivity index (χ4v) is 2.40. The molecule has 0 atom stereocenters. The molecule has 0 unspecified atom stereocenters. The van der Waals surface area contributed by atoms with Crippen molar-refractivity contribution in [3.05, 3.63) is 46.5 Å². The number of benzene rings is 2. The molecule has 0 amide bonds. The summed E-state index contributed by atoms with van der Waals surface area (Å²) >= 11 is 0. The summed E-state index contributed by atoms with van der Waals surface area (Å²) < 4.78 is 0. The van der Waals surface area contributed by atoms with Gasteiger partial charge < -0.3 is 15.5 Å². The van der Waals surface area contributed by atoms with Crippen molar-refractivity contribution >= 4 is 11.4 Å². The fraction of sp³-hybridized carbons (Fsp3) is 0.250. The zero-order valence-corrected chi connectivity index (χ0v) is 11.7. The average molecular weight is 257 g/mol. The summed E-state index contributed by atoms with van der Waals surface area (Å²) in [6, 6.07) is 6.95. The van der Waals surface area contributed by atoms with Crippen molar-refractivity contribution < 1.29 is 10.2 Å². The molecule has 3 N–H and O–H groups in total. The third-order valence-electron chi connectivity index (χ3n) is 3.28. The maximum atomic E-state index is 9.57. The number of anilines is 2. The Balaban J connectivity index is 2.48. The number of aromatic hydroxyl groups is 2. The van der Waals surface area contributed by atoms with E-state index in [0.717, 1.165) is 33.6 Å². The second-order valence-electron chi connectivity index (χ2n) is 5.03. The molecule has 2 aromatic carbocycles. The Bertz CT molecular complexity index is 531. The van der Waals surface area contributed by atoms with Crippen LogP contribution in [0.5, 0.6) is 11.5 Å². The summed E-state index contributed by atoms with van der Waals surface area (Å²) in [6.45, 7) is 7.83. The lowest BCUT2D eigenvalue weighted by molar-refractivity contribution is 0.474. The number of hydrogen-bond donors (Lipinski definition) is 3. The van der Waals surface area contributed by atoms with E-state index in [-0.39, 0.29) is 11.5 Å². The summed E-state index contributed by atoms with van der Waals surface area (Å²) in [4.78, 5) is 0. The number of phenolic OH excluding ortho intramolecular Hbond substituents is 2. The molecule has 0 fully saturated rings. The molecule has 0 heterocycles. The molecule has 0 aliphatic rings. The molecule has 19 heavy (non-hydrogen) atoms. The molecule has 0 radical (unpaired) electrons. The summed E-state index contributed by atoms with van der Waals surface area (Å²) in [6.07, 6.45) is 0. The van der Waals surface area contributed by atoms with Gasteiger partial charge in [0.1, 0.15) is 11.5 Å². The summed E-state index contributed by atoms with van der Waals surface area (Å²) in [5.74, 6) is 0.555. The van der Waals surface area contributed by atoms with Gasteiger partial charge in [-0.05, 0) is 74.2 Å².